The Labute approximate surface area is 247 Å². The van der Waals surface area contributed by atoms with Crippen LogP contribution in [0.1, 0.15) is 56.8 Å². The number of imidazole rings is 1. The van der Waals surface area contributed by atoms with Crippen LogP contribution in [0.2, 0.25) is 0 Å². The zero-order valence-electron chi connectivity index (χ0n) is 25.3. The summed E-state index contributed by atoms with van der Waals surface area (Å²) in [5, 5.41) is 0. The Morgan fingerprint density at radius 3 is 2.55 bits per heavy atom. The quantitative estimate of drug-likeness (QED) is 0.183. The third-order valence-corrected chi connectivity index (χ3v) is 8.48. The monoisotopic (exact) mass is 605 g/mol. The van der Waals surface area contributed by atoms with E-state index in [1.165, 1.54) is 40.2 Å². The first-order valence-electron chi connectivity index (χ1n) is 14.0. The molecule has 0 spiro atoms. The van der Waals surface area contributed by atoms with Gasteiger partial charge in [0.25, 0.3) is 0 Å². The van der Waals surface area contributed by atoms with E-state index in [0.29, 0.717) is 37.2 Å². The Kier molecular flexibility index (Phi) is 11.1. The van der Waals surface area contributed by atoms with Crippen LogP contribution >= 0.6 is 0 Å². The van der Waals surface area contributed by atoms with Gasteiger partial charge in [0.15, 0.2) is 11.5 Å². The number of aryl methyl sites for hydroxylation is 1. The van der Waals surface area contributed by atoms with Gasteiger partial charge in [-0.3, -0.25) is 4.57 Å². The molecule has 0 atom stereocenters. The molecule has 0 bridgehead atoms. The minimum atomic E-state index is -3.96. The number of aromatic amines is 1. The Balaban J connectivity index is 1.82. The smallest absolute Gasteiger partial charge is 0.337 e. The van der Waals surface area contributed by atoms with Gasteiger partial charge < -0.3 is 25.1 Å². The lowest BCUT2D eigenvalue weighted by Crippen LogP contribution is -2.43. The summed E-state index contributed by atoms with van der Waals surface area (Å²) < 4.78 is 41.0. The van der Waals surface area contributed by atoms with Crippen molar-refractivity contribution >= 4 is 33.0 Å². The molecule has 13 nitrogen and oxygen atoms in total. The number of rotatable bonds is 16. The summed E-state index contributed by atoms with van der Waals surface area (Å²) in [4.78, 5) is 38.1. The van der Waals surface area contributed by atoms with Gasteiger partial charge >= 0.3 is 17.7 Å². The van der Waals surface area contributed by atoms with E-state index >= 15 is 0 Å². The Morgan fingerprint density at radius 1 is 1.14 bits per heavy atom. The number of aromatic nitrogens is 4. The lowest BCUT2D eigenvalue weighted by Gasteiger charge is -2.34. The van der Waals surface area contributed by atoms with E-state index in [4.69, 9.17) is 15.2 Å². The fourth-order valence-corrected chi connectivity index (χ4v) is 6.60. The number of nitrogens with one attached hydrogen (secondary N) is 1. The summed E-state index contributed by atoms with van der Waals surface area (Å²) in [5.74, 6) is -0.490. The van der Waals surface area contributed by atoms with Crippen molar-refractivity contribution in [3.8, 4) is 6.01 Å². The van der Waals surface area contributed by atoms with Crippen LogP contribution in [-0.4, -0.2) is 90.6 Å². The number of carbonyl (C=O) groups is 1. The number of benzene rings is 1. The number of nitrogen functional groups attached to an aromatic ring is 1. The van der Waals surface area contributed by atoms with Crippen LogP contribution in [0.5, 0.6) is 6.01 Å². The zero-order chi connectivity index (χ0) is 31.1. The third-order valence-electron chi connectivity index (χ3n) is 6.64. The van der Waals surface area contributed by atoms with E-state index in [0.717, 1.165) is 12.8 Å². The third kappa shape index (κ3) is 8.29. The Hall–Kier alpha value is -3.49. The van der Waals surface area contributed by atoms with Gasteiger partial charge in [-0.1, -0.05) is 33.3 Å². The van der Waals surface area contributed by atoms with Crippen molar-refractivity contribution in [1.82, 2.24) is 28.7 Å². The van der Waals surface area contributed by atoms with Crippen molar-refractivity contribution in [2.24, 2.45) is 5.41 Å². The molecule has 0 unspecified atom stereocenters. The Morgan fingerprint density at radius 2 is 1.88 bits per heavy atom. The first-order chi connectivity index (χ1) is 19.8. The predicted octanol–water partition coefficient (Wildman–Crippen LogP) is 2.73. The second kappa shape index (κ2) is 14.1. The number of nitrogens with two attached hydrogens (primary N) is 1. The lowest BCUT2D eigenvalue weighted by atomic mass is 9.93. The normalized spacial score (nSPS) is 12.4. The van der Waals surface area contributed by atoms with Gasteiger partial charge in [0.1, 0.15) is 5.52 Å². The number of methoxy groups -OCH3 is 1. The number of carbonyl (C=O) groups excluding carboxylic acids is 1. The van der Waals surface area contributed by atoms with Crippen LogP contribution in [0.25, 0.3) is 11.2 Å². The summed E-state index contributed by atoms with van der Waals surface area (Å²) >= 11 is 0. The van der Waals surface area contributed by atoms with Crippen LogP contribution < -0.4 is 16.2 Å². The van der Waals surface area contributed by atoms with Crippen LogP contribution in [0.3, 0.4) is 0 Å². The number of nitrogens with zero attached hydrogens (tertiary/aromatic N) is 5. The molecule has 232 valence electrons. The summed E-state index contributed by atoms with van der Waals surface area (Å²) in [6, 6.07) is 5.96. The van der Waals surface area contributed by atoms with Gasteiger partial charge in [-0.15, -0.1) is 0 Å². The molecule has 0 saturated carbocycles. The van der Waals surface area contributed by atoms with E-state index in [-0.39, 0.29) is 53.0 Å². The minimum Gasteiger partial charge on any atom is -0.465 e. The molecule has 0 saturated heterocycles. The van der Waals surface area contributed by atoms with Crippen molar-refractivity contribution in [3.63, 3.8) is 0 Å². The number of unbranched alkanes of at least 4 members (excludes halogenated alkanes) is 2. The van der Waals surface area contributed by atoms with Gasteiger partial charge in [0.05, 0.1) is 24.2 Å². The van der Waals surface area contributed by atoms with Gasteiger partial charge in [0, 0.05) is 26.2 Å². The van der Waals surface area contributed by atoms with Crippen LogP contribution in [-0.2, 0) is 21.3 Å². The Bertz CT molecular complexity index is 1530. The van der Waals surface area contributed by atoms with E-state index in [1.54, 1.807) is 0 Å². The molecule has 3 rings (SSSR count). The van der Waals surface area contributed by atoms with Crippen molar-refractivity contribution in [2.75, 3.05) is 53.2 Å². The lowest BCUT2D eigenvalue weighted by molar-refractivity contribution is 0.0600. The van der Waals surface area contributed by atoms with Gasteiger partial charge in [0.2, 0.25) is 10.0 Å². The SMILES string of the molecule is CCCCOc1nc(N)c2[nH]c(=O)n(CCCCN(CC(C)(C)CN(C)C)S(=O)(=O)c3cccc(C(=O)OC)c3)c2n1. The molecule has 42 heavy (non-hydrogen) atoms. The fraction of sp³-hybridized carbons (Fsp3) is 0.571. The van der Waals surface area contributed by atoms with E-state index < -0.39 is 16.0 Å². The predicted molar refractivity (Wildman–Crippen MR) is 161 cm³/mol. The number of H-pyrrole nitrogens is 1. The van der Waals surface area contributed by atoms with Crippen LogP contribution in [0, 0.1) is 5.41 Å². The second-order valence-corrected chi connectivity index (χ2v) is 13.3. The molecular weight excluding hydrogens is 562 g/mol. The van der Waals surface area contributed by atoms with Gasteiger partial charge in [-0.2, -0.15) is 14.3 Å². The maximum absolute atomic E-state index is 13.8. The van der Waals surface area contributed by atoms with E-state index in [9.17, 15) is 18.0 Å². The highest BCUT2D eigenvalue weighted by atomic mass is 32.2. The highest BCUT2D eigenvalue weighted by molar-refractivity contribution is 7.89. The number of sulfonamides is 1. The van der Waals surface area contributed by atoms with Gasteiger partial charge in [-0.05, 0) is 57.0 Å². The molecule has 0 aliphatic carbocycles. The van der Waals surface area contributed by atoms with Gasteiger partial charge in [-0.25, -0.2) is 18.0 Å². The number of esters is 1. The molecule has 2 aromatic heterocycles. The first kappa shape index (κ1) is 33.0. The summed E-state index contributed by atoms with van der Waals surface area (Å²) in [6.45, 7) is 7.92. The average Bonchev–Trinajstić information content (AvgIpc) is 3.24. The highest BCUT2D eigenvalue weighted by Crippen LogP contribution is 2.25. The number of hydrogen-bond acceptors (Lipinski definition) is 10. The molecule has 1 aromatic carbocycles. The zero-order valence-corrected chi connectivity index (χ0v) is 26.2. The standard InChI is InChI=1S/C28H43N7O6S/c1-7-8-16-41-26-31-23(29)22-24(32-26)35(27(37)30-22)15-10-9-14-34(19-28(2,3)18-33(4)5)42(38,39)21-13-11-12-20(17-21)25(36)40-6/h11-13,17H,7-10,14-16,18-19H2,1-6H3,(H,30,37)(H2,29,31,32). The van der Waals surface area contributed by atoms with E-state index in [2.05, 4.69) is 15.0 Å². The van der Waals surface area contributed by atoms with Crippen molar-refractivity contribution < 1.29 is 22.7 Å². The summed E-state index contributed by atoms with van der Waals surface area (Å²) in [6.07, 6.45) is 2.74. The molecule has 14 heteroatoms. The molecule has 0 aliphatic rings. The van der Waals surface area contributed by atoms with E-state index in [1.807, 2.05) is 39.8 Å². The van der Waals surface area contributed by atoms with Crippen LogP contribution in [0.15, 0.2) is 34.0 Å². The molecule has 3 aromatic rings. The number of anilines is 1. The first-order valence-corrected chi connectivity index (χ1v) is 15.4. The maximum atomic E-state index is 13.8. The van der Waals surface area contributed by atoms with Crippen molar-refractivity contribution in [2.45, 2.75) is 57.9 Å². The molecule has 0 aliphatic heterocycles. The number of fused-ring (bicyclic) bond motifs is 1. The molecule has 0 amide bonds. The number of ether oxygens (including phenoxy) is 2. The largest absolute Gasteiger partial charge is 0.465 e. The minimum absolute atomic E-state index is 0.0154. The second-order valence-electron chi connectivity index (χ2n) is 11.3. The molecular formula is C28H43N7O6S. The average molecular weight is 606 g/mol. The summed E-state index contributed by atoms with van der Waals surface area (Å²) in [5.41, 5.74) is 6.14. The summed E-state index contributed by atoms with van der Waals surface area (Å²) in [7, 11) is 1.17. The topological polar surface area (TPSA) is 166 Å². The molecule has 0 radical (unpaired) electrons. The fourth-order valence-electron chi connectivity index (χ4n) is 4.89. The maximum Gasteiger partial charge on any atom is 0.337 e. The van der Waals surface area contributed by atoms with Crippen molar-refractivity contribution in [1.29, 1.82) is 0 Å². The highest BCUT2D eigenvalue weighted by Gasteiger charge is 2.31. The molecule has 0 fully saturated rings. The molecule has 3 N–H and O–H groups in total. The number of hydrogen-bond donors (Lipinski definition) is 2. The van der Waals surface area contributed by atoms with Crippen molar-refractivity contribution in [3.05, 3.63) is 40.3 Å². The molecule has 2 heterocycles. The van der Waals surface area contributed by atoms with Crippen LogP contribution in [0.4, 0.5) is 5.82 Å².